The Balaban J connectivity index is 1.62. The van der Waals surface area contributed by atoms with E-state index in [1.54, 1.807) is 11.3 Å². The van der Waals surface area contributed by atoms with Crippen molar-refractivity contribution in [1.82, 2.24) is 9.88 Å². The summed E-state index contributed by atoms with van der Waals surface area (Å²) >= 11 is 1.64. The second-order valence-corrected chi connectivity index (χ2v) is 6.52. The van der Waals surface area contributed by atoms with Crippen LogP contribution in [0.3, 0.4) is 0 Å². The monoisotopic (exact) mass is 315 g/mol. The van der Waals surface area contributed by atoms with Crippen molar-refractivity contribution < 1.29 is 4.79 Å². The van der Waals surface area contributed by atoms with Crippen molar-refractivity contribution in [3.8, 4) is 0 Å². The van der Waals surface area contributed by atoms with Gasteiger partial charge < -0.3 is 9.80 Å². The molecule has 2 aromatic heterocycles. The predicted octanol–water partition coefficient (Wildman–Crippen LogP) is 2.81. The molecular formula is C17H21N3OS. The smallest absolute Gasteiger partial charge is 0.227 e. The molecule has 0 aliphatic carbocycles. The van der Waals surface area contributed by atoms with Gasteiger partial charge in [0.05, 0.1) is 6.42 Å². The summed E-state index contributed by atoms with van der Waals surface area (Å²) in [5.74, 6) is 1.21. The first kappa shape index (κ1) is 15.0. The van der Waals surface area contributed by atoms with E-state index in [-0.39, 0.29) is 11.9 Å². The number of hydrogen-bond acceptors (Lipinski definition) is 4. The molecule has 4 nitrogen and oxygen atoms in total. The van der Waals surface area contributed by atoms with Gasteiger partial charge >= 0.3 is 0 Å². The summed E-state index contributed by atoms with van der Waals surface area (Å²) in [4.78, 5) is 21.1. The fraction of sp³-hybridized carbons (Fsp3) is 0.412. The SMILES string of the molecule is CN(C(=O)Cc1ccsc1)[C@@H]1CCCN(c2ccccn2)C1. The molecule has 0 N–H and O–H groups in total. The molecular weight excluding hydrogens is 294 g/mol. The number of anilines is 1. The molecule has 0 bridgehead atoms. The fourth-order valence-corrected chi connectivity index (χ4v) is 3.58. The lowest BCUT2D eigenvalue weighted by Crippen LogP contribution is -2.49. The molecule has 2 aromatic rings. The number of thiophene rings is 1. The van der Waals surface area contributed by atoms with Crippen molar-refractivity contribution in [3.05, 3.63) is 46.8 Å². The van der Waals surface area contributed by atoms with E-state index >= 15 is 0 Å². The summed E-state index contributed by atoms with van der Waals surface area (Å²) < 4.78 is 0. The van der Waals surface area contributed by atoms with Crippen LogP contribution in [-0.2, 0) is 11.2 Å². The van der Waals surface area contributed by atoms with Crippen molar-refractivity contribution >= 4 is 23.1 Å². The molecule has 1 saturated heterocycles. The zero-order valence-electron chi connectivity index (χ0n) is 12.8. The number of carbonyl (C=O) groups excluding carboxylic acids is 1. The van der Waals surface area contributed by atoms with Crippen LogP contribution < -0.4 is 4.90 Å². The van der Waals surface area contributed by atoms with E-state index in [2.05, 4.69) is 9.88 Å². The minimum atomic E-state index is 0.200. The molecule has 0 radical (unpaired) electrons. The minimum absolute atomic E-state index is 0.200. The highest BCUT2D eigenvalue weighted by molar-refractivity contribution is 7.07. The van der Waals surface area contributed by atoms with E-state index in [0.29, 0.717) is 6.42 Å². The van der Waals surface area contributed by atoms with Gasteiger partial charge in [0.25, 0.3) is 0 Å². The van der Waals surface area contributed by atoms with Crippen LogP contribution in [0.4, 0.5) is 5.82 Å². The number of amides is 1. The molecule has 1 amide bonds. The number of nitrogens with zero attached hydrogens (tertiary/aromatic N) is 3. The van der Waals surface area contributed by atoms with E-state index in [1.165, 1.54) is 0 Å². The minimum Gasteiger partial charge on any atom is -0.355 e. The second-order valence-electron chi connectivity index (χ2n) is 5.74. The van der Waals surface area contributed by atoms with Crippen LogP contribution in [0.2, 0.25) is 0 Å². The van der Waals surface area contributed by atoms with Crippen molar-refractivity contribution in [1.29, 1.82) is 0 Å². The molecule has 22 heavy (non-hydrogen) atoms. The van der Waals surface area contributed by atoms with Crippen LogP contribution in [0.1, 0.15) is 18.4 Å². The number of hydrogen-bond donors (Lipinski definition) is 0. The quantitative estimate of drug-likeness (QED) is 0.870. The molecule has 0 unspecified atom stereocenters. The molecule has 3 rings (SSSR count). The van der Waals surface area contributed by atoms with Crippen LogP contribution in [0.25, 0.3) is 0 Å². The third-order valence-electron chi connectivity index (χ3n) is 4.25. The number of piperidine rings is 1. The molecule has 5 heteroatoms. The van der Waals surface area contributed by atoms with Gasteiger partial charge in [0.1, 0.15) is 5.82 Å². The van der Waals surface area contributed by atoms with E-state index < -0.39 is 0 Å². The Morgan fingerprint density at radius 1 is 1.45 bits per heavy atom. The first-order valence-electron chi connectivity index (χ1n) is 7.67. The van der Waals surface area contributed by atoms with Gasteiger partial charge in [-0.05, 0) is 47.4 Å². The van der Waals surface area contributed by atoms with Crippen molar-refractivity contribution in [2.45, 2.75) is 25.3 Å². The molecule has 1 aliphatic heterocycles. The van der Waals surface area contributed by atoms with Crippen LogP contribution >= 0.6 is 11.3 Å². The zero-order chi connectivity index (χ0) is 15.4. The molecule has 1 atom stereocenters. The van der Waals surface area contributed by atoms with Crippen molar-refractivity contribution in [3.63, 3.8) is 0 Å². The van der Waals surface area contributed by atoms with Gasteiger partial charge in [-0.2, -0.15) is 11.3 Å². The Bertz CT molecular complexity index is 600. The van der Waals surface area contributed by atoms with Gasteiger partial charge in [0.2, 0.25) is 5.91 Å². The van der Waals surface area contributed by atoms with Gasteiger partial charge in [-0.15, -0.1) is 0 Å². The summed E-state index contributed by atoms with van der Waals surface area (Å²) in [5, 5.41) is 4.07. The van der Waals surface area contributed by atoms with E-state index in [0.717, 1.165) is 37.3 Å². The standard InChI is InChI=1S/C17H21N3OS/c1-19(17(21)11-14-7-10-22-13-14)15-5-4-9-20(12-15)16-6-2-3-8-18-16/h2-3,6-8,10,13,15H,4-5,9,11-12H2,1H3/t15-/m1/s1. The number of carbonyl (C=O) groups is 1. The van der Waals surface area contributed by atoms with Gasteiger partial charge in [-0.25, -0.2) is 4.98 Å². The van der Waals surface area contributed by atoms with Crippen LogP contribution in [-0.4, -0.2) is 42.0 Å². The number of pyridine rings is 1. The van der Waals surface area contributed by atoms with E-state index in [1.807, 2.05) is 53.2 Å². The summed E-state index contributed by atoms with van der Waals surface area (Å²) in [6.45, 7) is 1.88. The van der Waals surface area contributed by atoms with Crippen LogP contribution in [0.5, 0.6) is 0 Å². The van der Waals surface area contributed by atoms with Gasteiger partial charge in [-0.3, -0.25) is 4.79 Å². The lowest BCUT2D eigenvalue weighted by molar-refractivity contribution is -0.131. The first-order valence-corrected chi connectivity index (χ1v) is 8.61. The lowest BCUT2D eigenvalue weighted by Gasteiger charge is -2.38. The van der Waals surface area contributed by atoms with Crippen molar-refractivity contribution in [2.75, 3.05) is 25.0 Å². The average Bonchev–Trinajstić information content (AvgIpc) is 3.08. The largest absolute Gasteiger partial charge is 0.355 e. The summed E-state index contributed by atoms with van der Waals surface area (Å²) in [5.41, 5.74) is 1.11. The topological polar surface area (TPSA) is 36.4 Å². The maximum absolute atomic E-state index is 12.4. The Hall–Kier alpha value is -1.88. The second kappa shape index (κ2) is 6.92. The highest BCUT2D eigenvalue weighted by Gasteiger charge is 2.26. The van der Waals surface area contributed by atoms with E-state index in [9.17, 15) is 4.79 Å². The molecule has 0 aromatic carbocycles. The Morgan fingerprint density at radius 3 is 3.09 bits per heavy atom. The molecule has 1 fully saturated rings. The summed E-state index contributed by atoms with van der Waals surface area (Å²) in [7, 11) is 1.93. The number of aromatic nitrogens is 1. The molecule has 116 valence electrons. The highest BCUT2D eigenvalue weighted by atomic mass is 32.1. The van der Waals surface area contributed by atoms with Gasteiger partial charge in [0.15, 0.2) is 0 Å². The Morgan fingerprint density at radius 2 is 2.36 bits per heavy atom. The average molecular weight is 315 g/mol. The Labute approximate surface area is 135 Å². The van der Waals surface area contributed by atoms with Gasteiger partial charge in [0, 0.05) is 32.4 Å². The maximum Gasteiger partial charge on any atom is 0.227 e. The van der Waals surface area contributed by atoms with Crippen LogP contribution in [0.15, 0.2) is 41.2 Å². The predicted molar refractivity (Wildman–Crippen MR) is 90.3 cm³/mol. The zero-order valence-corrected chi connectivity index (χ0v) is 13.6. The third kappa shape index (κ3) is 3.47. The van der Waals surface area contributed by atoms with E-state index in [4.69, 9.17) is 0 Å². The summed E-state index contributed by atoms with van der Waals surface area (Å²) in [6.07, 6.45) is 4.48. The maximum atomic E-state index is 12.4. The highest BCUT2D eigenvalue weighted by Crippen LogP contribution is 2.20. The van der Waals surface area contributed by atoms with Crippen molar-refractivity contribution in [2.24, 2.45) is 0 Å². The first-order chi connectivity index (χ1) is 10.7. The lowest BCUT2D eigenvalue weighted by atomic mass is 10.0. The van der Waals surface area contributed by atoms with Gasteiger partial charge in [-0.1, -0.05) is 6.07 Å². The number of rotatable bonds is 4. The number of likely N-dealkylation sites (N-methyl/N-ethyl adjacent to an activating group) is 1. The fourth-order valence-electron chi connectivity index (χ4n) is 2.92. The Kier molecular flexibility index (Phi) is 4.73. The summed E-state index contributed by atoms with van der Waals surface area (Å²) in [6, 6.07) is 8.27. The molecule has 0 saturated carbocycles. The van der Waals surface area contributed by atoms with Crippen LogP contribution in [0, 0.1) is 0 Å². The normalized spacial score (nSPS) is 18.2. The molecule has 0 spiro atoms. The third-order valence-corrected chi connectivity index (χ3v) is 4.98. The molecule has 3 heterocycles. The molecule has 1 aliphatic rings.